The van der Waals surface area contributed by atoms with Crippen LogP contribution < -0.4 is 10.5 Å². The van der Waals surface area contributed by atoms with Gasteiger partial charge in [-0.3, -0.25) is 14.2 Å². The molecular formula is C20H19N7O. The molecule has 1 saturated heterocycles. The highest BCUT2D eigenvalue weighted by Crippen LogP contribution is 2.25. The van der Waals surface area contributed by atoms with Crippen molar-refractivity contribution in [1.29, 1.82) is 0 Å². The van der Waals surface area contributed by atoms with Gasteiger partial charge in [0.05, 0.1) is 18.3 Å². The van der Waals surface area contributed by atoms with E-state index < -0.39 is 0 Å². The fraction of sp³-hybridized carbons (Fsp3) is 0.250. The summed E-state index contributed by atoms with van der Waals surface area (Å²) in [7, 11) is 0. The lowest BCUT2D eigenvalue weighted by Gasteiger charge is -2.24. The largest absolute Gasteiger partial charge is 0.336 e. The van der Waals surface area contributed by atoms with Crippen molar-refractivity contribution in [2.75, 3.05) is 11.4 Å². The average Bonchev–Trinajstić information content (AvgIpc) is 3.37. The Morgan fingerprint density at radius 1 is 1.04 bits per heavy atom. The highest BCUT2D eigenvalue weighted by atomic mass is 16.1. The van der Waals surface area contributed by atoms with Gasteiger partial charge in [-0.2, -0.15) is 5.10 Å². The van der Waals surface area contributed by atoms with Crippen LogP contribution in [0.5, 0.6) is 0 Å². The molecule has 5 rings (SSSR count). The Hall–Kier alpha value is -3.55. The number of hydrogen-bond donors (Lipinski definition) is 0. The number of hydrogen-bond acceptors (Lipinski definition) is 6. The number of rotatable bonds is 4. The zero-order chi connectivity index (χ0) is 18.9. The van der Waals surface area contributed by atoms with Crippen LogP contribution >= 0.6 is 0 Å². The average molecular weight is 373 g/mol. The van der Waals surface area contributed by atoms with E-state index in [1.165, 1.54) is 0 Å². The van der Waals surface area contributed by atoms with Crippen molar-refractivity contribution < 1.29 is 0 Å². The number of aromatic nitrogens is 6. The second kappa shape index (κ2) is 6.88. The molecule has 28 heavy (non-hydrogen) atoms. The molecule has 0 aliphatic carbocycles. The van der Waals surface area contributed by atoms with Gasteiger partial charge < -0.3 is 4.90 Å². The third-order valence-corrected chi connectivity index (χ3v) is 5.16. The molecule has 0 saturated carbocycles. The molecule has 4 aromatic heterocycles. The van der Waals surface area contributed by atoms with E-state index in [1.54, 1.807) is 29.2 Å². The number of fused-ring (bicyclic) bond motifs is 1. The Morgan fingerprint density at radius 2 is 1.93 bits per heavy atom. The van der Waals surface area contributed by atoms with Crippen molar-refractivity contribution in [3.05, 3.63) is 71.4 Å². The van der Waals surface area contributed by atoms with E-state index in [-0.39, 0.29) is 11.6 Å². The topological polar surface area (TPSA) is 81.2 Å². The van der Waals surface area contributed by atoms with E-state index in [2.05, 4.69) is 25.2 Å². The van der Waals surface area contributed by atoms with Gasteiger partial charge in [0.2, 0.25) is 5.95 Å². The summed E-state index contributed by atoms with van der Waals surface area (Å²) in [4.78, 5) is 18.7. The van der Waals surface area contributed by atoms with E-state index in [1.807, 2.05) is 40.9 Å². The summed E-state index contributed by atoms with van der Waals surface area (Å²) in [6, 6.07) is 13.1. The van der Waals surface area contributed by atoms with Crippen molar-refractivity contribution in [2.24, 2.45) is 0 Å². The Morgan fingerprint density at radius 3 is 2.82 bits per heavy atom. The van der Waals surface area contributed by atoms with Gasteiger partial charge in [0.1, 0.15) is 0 Å². The van der Waals surface area contributed by atoms with Crippen LogP contribution in [-0.4, -0.2) is 41.9 Å². The molecule has 1 aliphatic rings. The first-order chi connectivity index (χ1) is 13.8. The van der Waals surface area contributed by atoms with Crippen LogP contribution in [0.2, 0.25) is 0 Å². The predicted octanol–water partition coefficient (Wildman–Crippen LogP) is 2.02. The van der Waals surface area contributed by atoms with E-state index in [0.717, 1.165) is 42.2 Å². The van der Waals surface area contributed by atoms with Gasteiger partial charge in [0.15, 0.2) is 5.65 Å². The van der Waals surface area contributed by atoms with Gasteiger partial charge in [-0.15, -0.1) is 10.2 Å². The van der Waals surface area contributed by atoms with Crippen molar-refractivity contribution >= 4 is 11.6 Å². The molecule has 5 heterocycles. The Kier molecular flexibility index (Phi) is 4.08. The van der Waals surface area contributed by atoms with Crippen molar-refractivity contribution in [3.63, 3.8) is 0 Å². The lowest BCUT2D eigenvalue weighted by molar-refractivity contribution is 0.486. The van der Waals surface area contributed by atoms with E-state index >= 15 is 0 Å². The van der Waals surface area contributed by atoms with E-state index in [0.29, 0.717) is 6.54 Å². The Labute approximate surface area is 161 Å². The highest BCUT2D eigenvalue weighted by Gasteiger charge is 2.29. The smallest absolute Gasteiger partial charge is 0.266 e. The number of nitrogens with zero attached hydrogens (tertiary/aromatic N) is 7. The zero-order valence-electron chi connectivity index (χ0n) is 15.2. The SMILES string of the molecule is O=c1ccc(-c2ccncc2)nn1CC1CCCN1c1nnc2ccccn12. The van der Waals surface area contributed by atoms with Gasteiger partial charge in [0.25, 0.3) is 5.56 Å². The van der Waals surface area contributed by atoms with E-state index in [9.17, 15) is 4.79 Å². The van der Waals surface area contributed by atoms with E-state index in [4.69, 9.17) is 0 Å². The maximum Gasteiger partial charge on any atom is 0.266 e. The summed E-state index contributed by atoms with van der Waals surface area (Å²) < 4.78 is 3.55. The van der Waals surface area contributed by atoms with Crippen LogP contribution in [0.15, 0.2) is 65.8 Å². The van der Waals surface area contributed by atoms with Crippen LogP contribution in [0.1, 0.15) is 12.8 Å². The summed E-state index contributed by atoms with van der Waals surface area (Å²) >= 11 is 0. The minimum atomic E-state index is -0.101. The number of pyridine rings is 2. The third-order valence-electron chi connectivity index (χ3n) is 5.16. The fourth-order valence-electron chi connectivity index (χ4n) is 3.77. The van der Waals surface area contributed by atoms with Gasteiger partial charge in [-0.25, -0.2) is 4.68 Å². The van der Waals surface area contributed by atoms with Gasteiger partial charge >= 0.3 is 0 Å². The lowest BCUT2D eigenvalue weighted by atomic mass is 10.2. The van der Waals surface area contributed by atoms with Crippen molar-refractivity contribution in [3.8, 4) is 11.3 Å². The normalized spacial score (nSPS) is 16.7. The van der Waals surface area contributed by atoms with Gasteiger partial charge in [0, 0.05) is 36.8 Å². The highest BCUT2D eigenvalue weighted by molar-refractivity contribution is 5.57. The maximum absolute atomic E-state index is 12.4. The molecule has 0 N–H and O–H groups in total. The molecule has 4 aromatic rings. The molecule has 0 radical (unpaired) electrons. The van der Waals surface area contributed by atoms with Gasteiger partial charge in [-0.1, -0.05) is 6.07 Å². The first-order valence-corrected chi connectivity index (χ1v) is 9.34. The minimum absolute atomic E-state index is 0.101. The number of anilines is 1. The summed E-state index contributed by atoms with van der Waals surface area (Å²) in [6.07, 6.45) is 7.44. The van der Waals surface area contributed by atoms with Crippen molar-refractivity contribution in [2.45, 2.75) is 25.4 Å². The van der Waals surface area contributed by atoms with Gasteiger partial charge in [-0.05, 0) is 43.2 Å². The fourth-order valence-corrected chi connectivity index (χ4v) is 3.77. The molecule has 0 amide bonds. The lowest BCUT2D eigenvalue weighted by Crippen LogP contribution is -2.38. The molecule has 8 nitrogen and oxygen atoms in total. The molecule has 1 aliphatic heterocycles. The molecule has 140 valence electrons. The monoisotopic (exact) mass is 373 g/mol. The van der Waals surface area contributed by atoms with Crippen LogP contribution in [0.3, 0.4) is 0 Å². The second-order valence-corrected chi connectivity index (χ2v) is 6.89. The maximum atomic E-state index is 12.4. The molecule has 0 bridgehead atoms. The second-order valence-electron chi connectivity index (χ2n) is 6.89. The Bertz CT molecular complexity index is 1170. The van der Waals surface area contributed by atoms with Crippen LogP contribution in [0, 0.1) is 0 Å². The summed E-state index contributed by atoms with van der Waals surface area (Å²) in [5, 5.41) is 13.2. The zero-order valence-corrected chi connectivity index (χ0v) is 15.2. The molecule has 1 fully saturated rings. The first kappa shape index (κ1) is 16.6. The first-order valence-electron chi connectivity index (χ1n) is 9.34. The molecular weight excluding hydrogens is 354 g/mol. The molecule has 0 aromatic carbocycles. The summed E-state index contributed by atoms with van der Waals surface area (Å²) in [5.74, 6) is 0.816. The predicted molar refractivity (Wildman–Crippen MR) is 105 cm³/mol. The molecule has 1 unspecified atom stereocenters. The Balaban J connectivity index is 1.46. The minimum Gasteiger partial charge on any atom is -0.336 e. The standard InChI is InChI=1S/C20H19N7O/c28-19-7-6-17(15-8-10-21-11-9-15)24-27(19)14-16-4-3-13-25(16)20-23-22-18-5-1-2-12-26(18)20/h1-2,5-12,16H,3-4,13-14H2. The molecule has 8 heteroatoms. The third kappa shape index (κ3) is 2.92. The summed E-state index contributed by atoms with van der Waals surface area (Å²) in [6.45, 7) is 1.40. The molecule has 1 atom stereocenters. The quantitative estimate of drug-likeness (QED) is 0.544. The molecule has 0 spiro atoms. The van der Waals surface area contributed by atoms with Crippen molar-refractivity contribution in [1.82, 2.24) is 29.4 Å². The summed E-state index contributed by atoms with van der Waals surface area (Å²) in [5.41, 5.74) is 2.42. The van der Waals surface area contributed by atoms with Crippen LogP contribution in [0.25, 0.3) is 16.9 Å². The van der Waals surface area contributed by atoms with Crippen LogP contribution in [0.4, 0.5) is 5.95 Å². The van der Waals surface area contributed by atoms with Crippen LogP contribution in [-0.2, 0) is 6.54 Å².